The molecule has 4 aromatic rings. The minimum atomic E-state index is -4.00. The second-order valence-corrected chi connectivity index (χ2v) is 9.62. The predicted octanol–water partition coefficient (Wildman–Crippen LogP) is 3.45. The summed E-state index contributed by atoms with van der Waals surface area (Å²) in [5.41, 5.74) is 0.360. The van der Waals surface area contributed by atoms with Gasteiger partial charge in [-0.25, -0.2) is 8.42 Å². The number of methoxy groups -OCH3 is 2. The number of nitrogens with one attached hydrogen (secondary N) is 2. The number of sulfonamides is 1. The van der Waals surface area contributed by atoms with E-state index in [-0.39, 0.29) is 41.8 Å². The number of hydrogen-bond acceptors (Lipinski definition) is 11. The molecule has 2 N–H and O–H groups in total. The molecule has 202 valence electrons. The average Bonchev–Trinajstić information content (AvgIpc) is 3.61. The molecule has 13 nitrogen and oxygen atoms in total. The summed E-state index contributed by atoms with van der Waals surface area (Å²) in [6.07, 6.45) is 0. The highest BCUT2D eigenvalue weighted by Crippen LogP contribution is 2.35. The average molecular weight is 555 g/mol. The van der Waals surface area contributed by atoms with Gasteiger partial charge < -0.3 is 33.4 Å². The van der Waals surface area contributed by atoms with E-state index in [1.54, 1.807) is 24.3 Å². The van der Waals surface area contributed by atoms with Gasteiger partial charge in [0.15, 0.2) is 23.1 Å². The summed E-state index contributed by atoms with van der Waals surface area (Å²) in [4.78, 5) is 20.4. The van der Waals surface area contributed by atoms with Crippen LogP contribution in [0.4, 0.5) is 11.5 Å². The maximum atomic E-state index is 12.8. The third kappa shape index (κ3) is 5.96. The molecule has 1 amide bonds. The maximum absolute atomic E-state index is 12.8. The third-order valence-electron chi connectivity index (χ3n) is 5.35. The van der Waals surface area contributed by atoms with Crippen molar-refractivity contribution < 1.29 is 41.3 Å². The van der Waals surface area contributed by atoms with Gasteiger partial charge in [-0.15, -0.1) is 0 Å². The quantitative estimate of drug-likeness (QED) is 0.295. The minimum Gasteiger partial charge on any atom is -0.486 e. The summed E-state index contributed by atoms with van der Waals surface area (Å²) < 4.78 is 59.8. The molecule has 0 bridgehead atoms. The Labute approximate surface area is 222 Å². The lowest BCUT2D eigenvalue weighted by Crippen LogP contribution is -2.15. The van der Waals surface area contributed by atoms with Gasteiger partial charge in [0, 0.05) is 17.8 Å². The SMILES string of the molecule is COc1cc(NS(=O)(=O)c2ccc(NC(=O)c3ccc(COc4ccc5c(c4)OCO5)o3)cc2)nc(OC)n1. The second-order valence-electron chi connectivity index (χ2n) is 7.94. The Hall–Kier alpha value is -4.98. The van der Waals surface area contributed by atoms with Gasteiger partial charge in [0.25, 0.3) is 15.9 Å². The predicted molar refractivity (Wildman–Crippen MR) is 136 cm³/mol. The van der Waals surface area contributed by atoms with Gasteiger partial charge in [0.1, 0.15) is 18.1 Å². The van der Waals surface area contributed by atoms with Crippen molar-refractivity contribution in [1.29, 1.82) is 0 Å². The lowest BCUT2D eigenvalue weighted by molar-refractivity contribution is 0.0992. The summed E-state index contributed by atoms with van der Waals surface area (Å²) in [7, 11) is -1.28. The number of fused-ring (bicyclic) bond motifs is 1. The van der Waals surface area contributed by atoms with E-state index in [9.17, 15) is 13.2 Å². The molecule has 0 aliphatic carbocycles. The molecule has 2 aromatic heterocycles. The molecule has 1 aliphatic rings. The topological polar surface area (TPSA) is 160 Å². The molecule has 1 aliphatic heterocycles. The van der Waals surface area contributed by atoms with Crippen LogP contribution in [0.2, 0.25) is 0 Å². The van der Waals surface area contributed by atoms with Crippen molar-refractivity contribution in [2.45, 2.75) is 11.5 Å². The van der Waals surface area contributed by atoms with Crippen LogP contribution in [-0.4, -0.2) is 45.3 Å². The van der Waals surface area contributed by atoms with Crippen molar-refractivity contribution in [2.75, 3.05) is 31.1 Å². The molecule has 14 heteroatoms. The summed E-state index contributed by atoms with van der Waals surface area (Å²) >= 11 is 0. The van der Waals surface area contributed by atoms with Crippen LogP contribution in [0.15, 0.2) is 70.0 Å². The summed E-state index contributed by atoms with van der Waals surface area (Å²) in [6.45, 7) is 0.260. The number of ether oxygens (including phenoxy) is 5. The normalized spacial score (nSPS) is 12.1. The largest absolute Gasteiger partial charge is 0.486 e. The van der Waals surface area contributed by atoms with E-state index in [1.165, 1.54) is 50.6 Å². The van der Waals surface area contributed by atoms with Gasteiger partial charge in [-0.1, -0.05) is 0 Å². The van der Waals surface area contributed by atoms with E-state index in [0.29, 0.717) is 28.7 Å². The smallest absolute Gasteiger partial charge is 0.321 e. The van der Waals surface area contributed by atoms with Gasteiger partial charge in [0.05, 0.1) is 19.1 Å². The fraction of sp³-hybridized carbons (Fsp3) is 0.160. The zero-order valence-electron chi connectivity index (χ0n) is 20.7. The number of benzene rings is 2. The first kappa shape index (κ1) is 25.7. The molecule has 0 radical (unpaired) electrons. The standard InChI is InChI=1S/C25H22N4O9S/c1-33-23-12-22(27-25(28-23)34-2)29-39(31,32)18-7-3-15(4-8-18)26-24(30)20-10-6-17(38-20)13-35-16-5-9-19-21(11-16)37-14-36-19/h3-12H,13-14H2,1-2H3,(H,26,30)(H,27,28,29). The Bertz CT molecular complexity index is 1580. The Morgan fingerprint density at radius 2 is 1.74 bits per heavy atom. The zero-order chi connectivity index (χ0) is 27.4. The fourth-order valence-electron chi connectivity index (χ4n) is 3.46. The molecule has 3 heterocycles. The van der Waals surface area contributed by atoms with Crippen LogP contribution in [0.25, 0.3) is 0 Å². The monoisotopic (exact) mass is 554 g/mol. The van der Waals surface area contributed by atoms with Gasteiger partial charge in [-0.3, -0.25) is 9.52 Å². The van der Waals surface area contributed by atoms with Crippen molar-refractivity contribution in [3.05, 3.63) is 72.2 Å². The summed E-state index contributed by atoms with van der Waals surface area (Å²) in [6, 6.07) is 15.1. The number of amides is 1. The highest BCUT2D eigenvalue weighted by Gasteiger charge is 2.18. The maximum Gasteiger partial charge on any atom is 0.321 e. The van der Waals surface area contributed by atoms with Crippen molar-refractivity contribution in [2.24, 2.45) is 0 Å². The van der Waals surface area contributed by atoms with Gasteiger partial charge in [-0.05, 0) is 48.5 Å². The number of furan rings is 1. The van der Waals surface area contributed by atoms with Crippen LogP contribution < -0.4 is 33.7 Å². The summed E-state index contributed by atoms with van der Waals surface area (Å²) in [5.74, 6) is 1.87. The molecule has 39 heavy (non-hydrogen) atoms. The first-order chi connectivity index (χ1) is 18.8. The Morgan fingerprint density at radius 3 is 2.51 bits per heavy atom. The second kappa shape index (κ2) is 10.8. The number of carbonyl (C=O) groups excluding carboxylic acids is 1. The van der Waals surface area contributed by atoms with Gasteiger partial charge in [0.2, 0.25) is 12.7 Å². The molecule has 2 aromatic carbocycles. The van der Waals surface area contributed by atoms with E-state index in [0.717, 1.165) is 0 Å². The molecule has 0 unspecified atom stereocenters. The lowest BCUT2D eigenvalue weighted by atomic mass is 10.3. The van der Waals surface area contributed by atoms with Gasteiger partial charge in [-0.2, -0.15) is 9.97 Å². The Balaban J connectivity index is 1.19. The Kier molecular flexibility index (Phi) is 7.10. The number of anilines is 2. The third-order valence-corrected chi connectivity index (χ3v) is 6.72. The number of rotatable bonds is 10. The molecular weight excluding hydrogens is 532 g/mol. The van der Waals surface area contributed by atoms with Crippen LogP contribution >= 0.6 is 0 Å². The van der Waals surface area contributed by atoms with E-state index in [1.807, 2.05) is 0 Å². The van der Waals surface area contributed by atoms with Crippen molar-refractivity contribution in [3.8, 4) is 29.1 Å². The van der Waals surface area contributed by atoms with Crippen LogP contribution in [0.5, 0.6) is 29.1 Å². The van der Waals surface area contributed by atoms with Crippen LogP contribution in [0.1, 0.15) is 16.3 Å². The molecule has 0 fully saturated rings. The molecule has 0 saturated heterocycles. The highest BCUT2D eigenvalue weighted by atomic mass is 32.2. The first-order valence-corrected chi connectivity index (χ1v) is 12.8. The zero-order valence-corrected chi connectivity index (χ0v) is 21.5. The van der Waals surface area contributed by atoms with Crippen molar-refractivity contribution in [1.82, 2.24) is 9.97 Å². The minimum absolute atomic E-state index is 0.0350. The highest BCUT2D eigenvalue weighted by molar-refractivity contribution is 7.92. The molecule has 5 rings (SSSR count). The molecular formula is C25H22N4O9S. The van der Waals surface area contributed by atoms with E-state index >= 15 is 0 Å². The Morgan fingerprint density at radius 1 is 0.949 bits per heavy atom. The van der Waals surface area contributed by atoms with Crippen molar-refractivity contribution >= 4 is 27.4 Å². The van der Waals surface area contributed by atoms with Crippen LogP contribution in [0, 0.1) is 0 Å². The van der Waals surface area contributed by atoms with E-state index < -0.39 is 15.9 Å². The number of carbonyl (C=O) groups is 1. The molecule has 0 atom stereocenters. The number of nitrogens with zero attached hydrogens (tertiary/aromatic N) is 2. The van der Waals surface area contributed by atoms with E-state index in [2.05, 4.69) is 20.0 Å². The van der Waals surface area contributed by atoms with E-state index in [4.69, 9.17) is 28.1 Å². The number of hydrogen-bond donors (Lipinski definition) is 2. The molecule has 0 saturated carbocycles. The number of aromatic nitrogens is 2. The summed E-state index contributed by atoms with van der Waals surface area (Å²) in [5, 5.41) is 2.66. The van der Waals surface area contributed by atoms with Crippen LogP contribution in [-0.2, 0) is 16.6 Å². The fourth-order valence-corrected chi connectivity index (χ4v) is 4.45. The molecule has 0 spiro atoms. The first-order valence-electron chi connectivity index (χ1n) is 11.4. The van der Waals surface area contributed by atoms with Crippen molar-refractivity contribution in [3.63, 3.8) is 0 Å². The van der Waals surface area contributed by atoms with Gasteiger partial charge >= 0.3 is 6.01 Å². The van der Waals surface area contributed by atoms with Crippen LogP contribution in [0.3, 0.4) is 0 Å². The lowest BCUT2D eigenvalue weighted by Gasteiger charge is -2.10.